The van der Waals surface area contributed by atoms with Gasteiger partial charge in [-0.15, -0.1) is 0 Å². The minimum atomic E-state index is 0. The lowest BCUT2D eigenvalue weighted by Gasteiger charge is -2.29. The highest BCUT2D eigenvalue weighted by molar-refractivity contribution is 5.83. The summed E-state index contributed by atoms with van der Waals surface area (Å²) in [5.41, 5.74) is 0. The van der Waals surface area contributed by atoms with E-state index in [0.717, 1.165) is 57.8 Å². The average Bonchev–Trinajstić information content (AvgIpc) is 2.79. The van der Waals surface area contributed by atoms with Crippen LogP contribution in [-0.2, 0) is 19.1 Å². The van der Waals surface area contributed by atoms with E-state index < -0.39 is 0 Å². The molecule has 2 aliphatic carbocycles. The Hall–Kier alpha value is -0.940. The van der Waals surface area contributed by atoms with Crippen molar-refractivity contribution in [1.29, 1.82) is 0 Å². The van der Waals surface area contributed by atoms with Gasteiger partial charge in [0.15, 0.2) is 0 Å². The third-order valence-corrected chi connectivity index (χ3v) is 6.63. The van der Waals surface area contributed by atoms with Gasteiger partial charge < -0.3 is 14.8 Å². The van der Waals surface area contributed by atoms with Crippen LogP contribution in [0.3, 0.4) is 0 Å². The fourth-order valence-corrected chi connectivity index (χ4v) is 4.73. The number of hydrogen-bond acceptors (Lipinski definition) is 4. The highest BCUT2D eigenvalue weighted by Gasteiger charge is 2.28. The van der Waals surface area contributed by atoms with E-state index in [1.807, 2.05) is 27.7 Å². The van der Waals surface area contributed by atoms with Gasteiger partial charge in [0.1, 0.15) is 5.78 Å². The molecule has 2 saturated carbocycles. The molecule has 0 aliphatic heterocycles. The summed E-state index contributed by atoms with van der Waals surface area (Å²) in [6, 6.07) is 0.242. The van der Waals surface area contributed by atoms with Gasteiger partial charge in [-0.2, -0.15) is 0 Å². The van der Waals surface area contributed by atoms with Crippen molar-refractivity contribution in [3.05, 3.63) is 0 Å². The molecule has 2 aliphatic rings. The Bertz CT molecular complexity index is 484. The van der Waals surface area contributed by atoms with Gasteiger partial charge in [-0.1, -0.05) is 27.7 Å². The summed E-state index contributed by atoms with van der Waals surface area (Å²) in [5, 5.41) is 3.15. The number of rotatable bonds is 12. The molecule has 0 bridgehead atoms. The molecule has 2 fully saturated rings. The molecule has 31 heavy (non-hydrogen) atoms. The van der Waals surface area contributed by atoms with Crippen LogP contribution in [0.1, 0.15) is 100 Å². The van der Waals surface area contributed by atoms with Crippen LogP contribution in [0, 0.1) is 23.7 Å². The molecule has 0 spiro atoms. The van der Waals surface area contributed by atoms with Gasteiger partial charge in [0.25, 0.3) is 0 Å². The largest absolute Gasteiger partial charge is 0.381 e. The lowest BCUT2D eigenvalue weighted by atomic mass is 9.80. The summed E-state index contributed by atoms with van der Waals surface area (Å²) in [7, 11) is 0. The predicted octanol–water partition coefficient (Wildman–Crippen LogP) is 5.80. The van der Waals surface area contributed by atoms with Crippen molar-refractivity contribution >= 4 is 11.7 Å². The maximum atomic E-state index is 12.2. The Morgan fingerprint density at radius 2 is 1.45 bits per heavy atom. The minimum absolute atomic E-state index is 0. The minimum Gasteiger partial charge on any atom is -0.381 e. The summed E-state index contributed by atoms with van der Waals surface area (Å²) in [6.07, 6.45) is 9.98. The smallest absolute Gasteiger partial charge is 0.220 e. The summed E-state index contributed by atoms with van der Waals surface area (Å²) >= 11 is 0. The summed E-state index contributed by atoms with van der Waals surface area (Å²) in [4.78, 5) is 24.3. The molecule has 1 N–H and O–H groups in total. The van der Waals surface area contributed by atoms with E-state index in [1.54, 1.807) is 0 Å². The van der Waals surface area contributed by atoms with E-state index in [0.29, 0.717) is 24.7 Å². The number of Topliss-reactive ketones (excluding diaryl/α,β-unsaturated/α-hetero) is 1. The zero-order chi connectivity index (χ0) is 23.1. The van der Waals surface area contributed by atoms with Crippen molar-refractivity contribution in [3.8, 4) is 0 Å². The van der Waals surface area contributed by atoms with Crippen LogP contribution in [0.5, 0.6) is 0 Å². The quantitative estimate of drug-likeness (QED) is 0.389. The molecule has 2 rings (SSSR count). The standard InChI is InChI=1S/C24H43NO4.C2H6.H2/c1-4-28-16-19-7-9-20(10-8-19)17-29-15-5-6-23(26)25-22-13-11-21(12-14-22)24(27)18(2)3;1-2;/h18-22H,4-17H2,1-3H3,(H,25,26);1-2H3;1H. The number of ether oxygens (including phenoxy) is 2. The second-order valence-corrected chi connectivity index (χ2v) is 9.40. The molecule has 0 radical (unpaired) electrons. The zero-order valence-electron chi connectivity index (χ0n) is 20.9. The summed E-state index contributed by atoms with van der Waals surface area (Å²) in [6.45, 7) is 13.2. The number of carbonyl (C=O) groups excluding carboxylic acids is 2. The molecule has 5 heteroatoms. The van der Waals surface area contributed by atoms with Crippen LogP contribution >= 0.6 is 0 Å². The first-order valence-corrected chi connectivity index (χ1v) is 13.0. The first kappa shape index (κ1) is 28.1. The third-order valence-electron chi connectivity index (χ3n) is 6.63. The van der Waals surface area contributed by atoms with Crippen molar-refractivity contribution in [2.45, 2.75) is 105 Å². The van der Waals surface area contributed by atoms with Gasteiger partial charge in [0.2, 0.25) is 5.91 Å². The number of hydrogen-bond donors (Lipinski definition) is 1. The fraction of sp³-hybridized carbons (Fsp3) is 0.923. The van der Waals surface area contributed by atoms with E-state index >= 15 is 0 Å². The molecular weight excluding hydrogens is 390 g/mol. The molecule has 5 nitrogen and oxygen atoms in total. The van der Waals surface area contributed by atoms with E-state index in [-0.39, 0.29) is 25.2 Å². The molecule has 0 aromatic rings. The lowest BCUT2D eigenvalue weighted by Crippen LogP contribution is -2.39. The van der Waals surface area contributed by atoms with Crippen LogP contribution in [0.25, 0.3) is 0 Å². The second kappa shape index (κ2) is 16.7. The van der Waals surface area contributed by atoms with Crippen molar-refractivity contribution in [2.75, 3.05) is 26.4 Å². The number of nitrogens with one attached hydrogen (secondary N) is 1. The van der Waals surface area contributed by atoms with Gasteiger partial charge in [-0.05, 0) is 76.5 Å². The topological polar surface area (TPSA) is 64.6 Å². The Balaban J connectivity index is 0.00000311. The van der Waals surface area contributed by atoms with Gasteiger partial charge >= 0.3 is 0 Å². The van der Waals surface area contributed by atoms with Crippen molar-refractivity contribution in [3.63, 3.8) is 0 Å². The maximum Gasteiger partial charge on any atom is 0.220 e. The van der Waals surface area contributed by atoms with Crippen molar-refractivity contribution in [1.82, 2.24) is 5.32 Å². The van der Waals surface area contributed by atoms with E-state index in [1.165, 1.54) is 25.7 Å². The van der Waals surface area contributed by atoms with Crippen LogP contribution in [-0.4, -0.2) is 44.2 Å². The monoisotopic (exact) mass is 441 g/mol. The molecular formula is C26H51NO4. The van der Waals surface area contributed by atoms with Crippen LogP contribution in [0.2, 0.25) is 0 Å². The van der Waals surface area contributed by atoms with Crippen LogP contribution in [0.4, 0.5) is 0 Å². The van der Waals surface area contributed by atoms with Crippen LogP contribution < -0.4 is 5.32 Å². The van der Waals surface area contributed by atoms with E-state index in [9.17, 15) is 9.59 Å². The maximum absolute atomic E-state index is 12.2. The van der Waals surface area contributed by atoms with E-state index in [2.05, 4.69) is 12.2 Å². The molecule has 1 amide bonds. The lowest BCUT2D eigenvalue weighted by molar-refractivity contribution is -0.127. The average molecular weight is 442 g/mol. The summed E-state index contributed by atoms with van der Waals surface area (Å²) < 4.78 is 11.4. The highest BCUT2D eigenvalue weighted by Crippen LogP contribution is 2.29. The SMILES string of the molecule is CC.CCOCC1CCC(COCCCC(=O)NC2CCC(C(=O)C(C)C)CC2)CC1.[HH]. The Morgan fingerprint density at radius 3 is 1.97 bits per heavy atom. The van der Waals surface area contributed by atoms with Crippen molar-refractivity contribution < 1.29 is 20.5 Å². The van der Waals surface area contributed by atoms with Gasteiger partial charge in [0.05, 0.1) is 0 Å². The third kappa shape index (κ3) is 11.5. The second-order valence-electron chi connectivity index (χ2n) is 9.40. The molecule has 0 aromatic heterocycles. The van der Waals surface area contributed by atoms with Gasteiger partial charge in [-0.25, -0.2) is 0 Å². The predicted molar refractivity (Wildman–Crippen MR) is 129 cm³/mol. The molecule has 184 valence electrons. The van der Waals surface area contributed by atoms with Gasteiger partial charge in [-0.3, -0.25) is 9.59 Å². The van der Waals surface area contributed by atoms with Gasteiger partial charge in [0, 0.05) is 52.2 Å². The Kier molecular flexibility index (Phi) is 15.1. The fourth-order valence-electron chi connectivity index (χ4n) is 4.73. The normalized spacial score (nSPS) is 26.1. The Morgan fingerprint density at radius 1 is 0.903 bits per heavy atom. The van der Waals surface area contributed by atoms with Crippen LogP contribution in [0.15, 0.2) is 0 Å². The summed E-state index contributed by atoms with van der Waals surface area (Å²) in [5.74, 6) is 2.24. The first-order valence-electron chi connectivity index (χ1n) is 13.0. The van der Waals surface area contributed by atoms with Crippen molar-refractivity contribution in [2.24, 2.45) is 23.7 Å². The molecule has 0 atom stereocenters. The highest BCUT2D eigenvalue weighted by atomic mass is 16.5. The first-order chi connectivity index (χ1) is 15.0. The molecule has 0 saturated heterocycles. The number of carbonyl (C=O) groups is 2. The molecule has 0 unspecified atom stereocenters. The number of ketones is 1. The molecule has 0 heterocycles. The molecule has 0 aromatic carbocycles. The zero-order valence-corrected chi connectivity index (χ0v) is 20.9. The Labute approximate surface area is 192 Å². The number of amides is 1. The van der Waals surface area contributed by atoms with E-state index in [4.69, 9.17) is 9.47 Å².